The van der Waals surface area contributed by atoms with E-state index in [1.165, 1.54) is 4.90 Å². The van der Waals surface area contributed by atoms with Crippen molar-refractivity contribution in [1.82, 2.24) is 15.3 Å². The first-order valence-electron chi connectivity index (χ1n) is 9.67. The van der Waals surface area contributed by atoms with E-state index in [1.54, 1.807) is 12.0 Å². The molecular weight excluding hydrogens is 368 g/mol. The lowest BCUT2D eigenvalue weighted by Crippen LogP contribution is -2.80. The largest absolute Gasteiger partial charge is 0.456 e. The van der Waals surface area contributed by atoms with E-state index < -0.39 is 35.6 Å². The number of nitrogens with two attached hydrogens (primary N) is 3. The van der Waals surface area contributed by atoms with E-state index in [0.717, 1.165) is 6.42 Å². The molecular formula is C16H30N8O4. The van der Waals surface area contributed by atoms with Crippen molar-refractivity contribution in [1.29, 1.82) is 0 Å². The lowest BCUT2D eigenvalue weighted by atomic mass is 9.88. The maximum absolute atomic E-state index is 12.9. The van der Waals surface area contributed by atoms with Gasteiger partial charge in [-0.15, -0.1) is 5.12 Å². The van der Waals surface area contributed by atoms with Crippen LogP contribution in [0.3, 0.4) is 0 Å². The number of hydrogen-bond donors (Lipinski definition) is 4. The molecule has 0 aliphatic carbocycles. The number of hydrogen-bond acceptors (Lipinski definition) is 12. The smallest absolute Gasteiger partial charge is 0.347 e. The molecule has 0 bridgehead atoms. The molecule has 0 radical (unpaired) electrons. The van der Waals surface area contributed by atoms with Crippen LogP contribution in [0.25, 0.3) is 0 Å². The number of fused-ring (bicyclic) bond motifs is 1. The second kappa shape index (κ2) is 7.87. The van der Waals surface area contributed by atoms with Crippen molar-refractivity contribution in [2.75, 3.05) is 13.1 Å². The molecule has 12 heteroatoms. The Hall–Kier alpha value is -1.86. The molecule has 0 saturated carbocycles. The Kier molecular flexibility index (Phi) is 5.87. The highest BCUT2D eigenvalue weighted by Crippen LogP contribution is 2.42. The van der Waals surface area contributed by atoms with Crippen molar-refractivity contribution in [3.8, 4) is 0 Å². The summed E-state index contributed by atoms with van der Waals surface area (Å²) in [6, 6.07) is 0. The number of morpholine rings is 1. The fraction of sp³-hybridized carbons (Fsp3) is 0.875. The van der Waals surface area contributed by atoms with Crippen LogP contribution < -0.4 is 22.5 Å². The fourth-order valence-corrected chi connectivity index (χ4v) is 3.95. The van der Waals surface area contributed by atoms with Crippen molar-refractivity contribution < 1.29 is 19.1 Å². The zero-order valence-electron chi connectivity index (χ0n) is 16.3. The van der Waals surface area contributed by atoms with Gasteiger partial charge in [-0.25, -0.2) is 14.5 Å². The highest BCUT2D eigenvalue weighted by Gasteiger charge is 2.68. The molecule has 0 amide bonds. The Morgan fingerprint density at radius 1 is 1.18 bits per heavy atom. The molecule has 2 fully saturated rings. The van der Waals surface area contributed by atoms with E-state index in [2.05, 4.69) is 15.8 Å². The minimum absolute atomic E-state index is 0.155. The summed E-state index contributed by atoms with van der Waals surface area (Å²) in [4.78, 5) is 27.0. The third-order valence-corrected chi connectivity index (χ3v) is 5.38. The minimum atomic E-state index is -1.61. The lowest BCUT2D eigenvalue weighted by Gasteiger charge is -2.50. The van der Waals surface area contributed by atoms with Gasteiger partial charge in [-0.2, -0.15) is 0 Å². The molecule has 0 aromatic carbocycles. The molecule has 0 aromatic heterocycles. The molecule has 0 spiro atoms. The summed E-state index contributed by atoms with van der Waals surface area (Å²) >= 11 is 0. The SMILES string of the molecule is CC(N)NCCCC1OC(=O)C(N)(CCCCN2N=N2)N2C(C)OC(=O)C12N. The Morgan fingerprint density at radius 2 is 1.89 bits per heavy atom. The van der Waals surface area contributed by atoms with Crippen molar-refractivity contribution in [2.24, 2.45) is 27.6 Å². The van der Waals surface area contributed by atoms with Crippen LogP contribution in [0.2, 0.25) is 0 Å². The topological polar surface area (TPSA) is 174 Å². The first kappa shape index (κ1) is 20.9. The van der Waals surface area contributed by atoms with Gasteiger partial charge >= 0.3 is 11.9 Å². The number of carbonyl (C=O) groups excluding carboxylic acids is 2. The van der Waals surface area contributed by atoms with Gasteiger partial charge in [0.15, 0.2) is 11.9 Å². The summed E-state index contributed by atoms with van der Waals surface area (Å²) < 4.78 is 11.0. The van der Waals surface area contributed by atoms with Crippen molar-refractivity contribution in [2.45, 2.75) is 75.8 Å². The molecule has 3 aliphatic rings. The molecule has 5 atom stereocenters. The zero-order chi connectivity index (χ0) is 20.5. The first-order chi connectivity index (χ1) is 13.2. The van der Waals surface area contributed by atoms with Crippen LogP contribution in [0.1, 0.15) is 46.0 Å². The molecule has 0 aromatic rings. The van der Waals surface area contributed by atoms with Crippen molar-refractivity contribution in [3.63, 3.8) is 0 Å². The van der Waals surface area contributed by atoms with E-state index in [0.29, 0.717) is 32.4 Å². The molecule has 7 N–H and O–H groups in total. The summed E-state index contributed by atoms with van der Waals surface area (Å²) in [6.07, 6.45) is 0.903. The number of rotatable bonds is 10. The number of nitrogens with one attached hydrogen (secondary N) is 1. The van der Waals surface area contributed by atoms with Crippen LogP contribution in [0, 0.1) is 0 Å². The van der Waals surface area contributed by atoms with Crippen LogP contribution in [0.4, 0.5) is 0 Å². The summed E-state index contributed by atoms with van der Waals surface area (Å²) in [5, 5.41) is 12.0. The highest BCUT2D eigenvalue weighted by atomic mass is 16.6. The lowest BCUT2D eigenvalue weighted by molar-refractivity contribution is -0.206. The van der Waals surface area contributed by atoms with Crippen molar-refractivity contribution in [3.05, 3.63) is 0 Å². The van der Waals surface area contributed by atoms with Gasteiger partial charge in [0.1, 0.15) is 6.10 Å². The normalized spacial score (nSPS) is 35.5. The van der Waals surface area contributed by atoms with Gasteiger partial charge in [-0.3, -0.25) is 0 Å². The number of nitrogens with zero attached hydrogens (tertiary/aromatic N) is 4. The summed E-state index contributed by atoms with van der Waals surface area (Å²) in [5.41, 5.74) is 15.5. The molecule has 3 heterocycles. The van der Waals surface area contributed by atoms with Crippen LogP contribution in [-0.4, -0.2) is 64.9 Å². The molecule has 2 saturated heterocycles. The molecule has 158 valence electrons. The number of esters is 2. The third kappa shape index (κ3) is 3.82. The Labute approximate surface area is 163 Å². The fourth-order valence-electron chi connectivity index (χ4n) is 3.95. The predicted molar refractivity (Wildman–Crippen MR) is 97.4 cm³/mol. The third-order valence-electron chi connectivity index (χ3n) is 5.38. The average Bonchev–Trinajstić information content (AvgIpc) is 3.40. The maximum atomic E-state index is 12.9. The molecule has 3 rings (SSSR count). The maximum Gasteiger partial charge on any atom is 0.347 e. The standard InChI is InChI=1S/C16H30N8O4/c1-10(17)20-8-5-6-12-16(19)14(26)27-11(2)24(16)15(18,13(25)28-12)7-3-4-9-23-21-22-23/h10-12,20H,3-9,17-19H2,1-2H3. The van der Waals surface area contributed by atoms with E-state index in [1.807, 2.05) is 6.92 Å². The molecule has 5 unspecified atom stereocenters. The van der Waals surface area contributed by atoms with Crippen LogP contribution >= 0.6 is 0 Å². The second-order valence-electron chi connectivity index (χ2n) is 7.64. The van der Waals surface area contributed by atoms with Gasteiger partial charge in [-0.05, 0) is 62.9 Å². The average molecular weight is 398 g/mol. The number of carbonyl (C=O) groups is 2. The number of cyclic esters (lactones) is 2. The number of ether oxygens (including phenoxy) is 2. The van der Waals surface area contributed by atoms with Crippen LogP contribution in [0.5, 0.6) is 0 Å². The van der Waals surface area contributed by atoms with Gasteiger partial charge in [0.25, 0.3) is 0 Å². The highest BCUT2D eigenvalue weighted by molar-refractivity contribution is 5.89. The van der Waals surface area contributed by atoms with Crippen LogP contribution in [-0.2, 0) is 19.1 Å². The minimum Gasteiger partial charge on any atom is -0.456 e. The number of unbranched alkanes of at least 4 members (excludes halogenated alkanes) is 1. The van der Waals surface area contributed by atoms with Gasteiger partial charge < -0.3 is 32.0 Å². The zero-order valence-corrected chi connectivity index (χ0v) is 16.3. The monoisotopic (exact) mass is 398 g/mol. The Bertz CT molecular complexity index is 640. The van der Waals surface area contributed by atoms with Crippen molar-refractivity contribution >= 4 is 11.9 Å². The van der Waals surface area contributed by atoms with E-state index in [9.17, 15) is 9.59 Å². The first-order valence-corrected chi connectivity index (χ1v) is 9.67. The van der Waals surface area contributed by atoms with E-state index >= 15 is 0 Å². The molecule has 12 nitrogen and oxygen atoms in total. The summed E-state index contributed by atoms with van der Waals surface area (Å²) in [5.74, 6) is -1.22. The molecule has 28 heavy (non-hydrogen) atoms. The quantitative estimate of drug-likeness (QED) is 0.200. The van der Waals surface area contributed by atoms with Gasteiger partial charge in [0, 0.05) is 0 Å². The second-order valence-corrected chi connectivity index (χ2v) is 7.64. The predicted octanol–water partition coefficient (Wildman–Crippen LogP) is -1.13. The summed E-state index contributed by atoms with van der Waals surface area (Å²) in [6.45, 7) is 4.74. The van der Waals surface area contributed by atoms with E-state index in [4.69, 9.17) is 26.7 Å². The summed E-state index contributed by atoms with van der Waals surface area (Å²) in [7, 11) is 0. The Balaban J connectivity index is 1.70. The van der Waals surface area contributed by atoms with Crippen LogP contribution in [0.15, 0.2) is 10.4 Å². The van der Waals surface area contributed by atoms with Gasteiger partial charge in [0.05, 0.1) is 12.7 Å². The van der Waals surface area contributed by atoms with Gasteiger partial charge in [0.2, 0.25) is 5.66 Å². The molecule has 3 aliphatic heterocycles. The van der Waals surface area contributed by atoms with Gasteiger partial charge in [-0.1, -0.05) is 0 Å². The Morgan fingerprint density at radius 3 is 2.54 bits per heavy atom. The van der Waals surface area contributed by atoms with E-state index in [-0.39, 0.29) is 12.6 Å².